The van der Waals surface area contributed by atoms with E-state index in [0.717, 1.165) is 6.07 Å². The number of non-ortho nitro benzene ring substituents is 1. The molecular weight excluding hydrogens is 250 g/mol. The molecule has 1 aromatic rings. The summed E-state index contributed by atoms with van der Waals surface area (Å²) in [5.41, 5.74) is 5.65. The van der Waals surface area contributed by atoms with Crippen LogP contribution < -0.4 is 11.1 Å². The molecule has 7 nitrogen and oxygen atoms in total. The van der Waals surface area contributed by atoms with Crippen LogP contribution in [0.4, 0.5) is 11.4 Å². The Labute approximate surface area is 110 Å². The highest BCUT2D eigenvalue weighted by Crippen LogP contribution is 2.27. The highest BCUT2D eigenvalue weighted by atomic mass is 16.6. The molecule has 1 unspecified atom stereocenters. The number of benzene rings is 1. The summed E-state index contributed by atoms with van der Waals surface area (Å²) in [7, 11) is 0. The number of rotatable bonds is 5. The minimum Gasteiger partial charge on any atom is -0.506 e. The Morgan fingerprint density at radius 3 is 2.63 bits per heavy atom. The molecule has 0 aliphatic carbocycles. The van der Waals surface area contributed by atoms with Crippen LogP contribution in [-0.4, -0.2) is 22.0 Å². The lowest BCUT2D eigenvalue weighted by Crippen LogP contribution is -2.31. The number of carbonyl (C=O) groups is 1. The molecule has 4 N–H and O–H groups in total. The SMILES string of the molecule is CC(C)C(N)CC(=O)Nc1ccc([N+](=O)[O-])cc1O. The summed E-state index contributed by atoms with van der Waals surface area (Å²) in [4.78, 5) is 21.5. The summed E-state index contributed by atoms with van der Waals surface area (Å²) in [6.45, 7) is 3.81. The van der Waals surface area contributed by atoms with Crippen molar-refractivity contribution in [2.75, 3.05) is 5.32 Å². The molecule has 0 spiro atoms. The van der Waals surface area contributed by atoms with E-state index in [1.54, 1.807) is 0 Å². The summed E-state index contributed by atoms with van der Waals surface area (Å²) in [5.74, 6) is -0.526. The number of nitrogens with two attached hydrogens (primary N) is 1. The van der Waals surface area contributed by atoms with E-state index in [-0.39, 0.29) is 41.4 Å². The molecule has 1 aromatic carbocycles. The molecule has 0 aliphatic heterocycles. The van der Waals surface area contributed by atoms with Gasteiger partial charge in [-0.25, -0.2) is 0 Å². The number of anilines is 1. The maximum atomic E-state index is 11.7. The van der Waals surface area contributed by atoms with Crippen molar-refractivity contribution in [3.63, 3.8) is 0 Å². The van der Waals surface area contributed by atoms with Crippen LogP contribution in [0.25, 0.3) is 0 Å². The first-order valence-corrected chi connectivity index (χ1v) is 5.84. The zero-order valence-electron chi connectivity index (χ0n) is 10.8. The highest BCUT2D eigenvalue weighted by Gasteiger charge is 2.15. The fourth-order valence-electron chi connectivity index (χ4n) is 1.39. The van der Waals surface area contributed by atoms with Crippen LogP contribution in [0.15, 0.2) is 18.2 Å². The lowest BCUT2D eigenvalue weighted by Gasteiger charge is -2.15. The second kappa shape index (κ2) is 6.14. The van der Waals surface area contributed by atoms with Crippen LogP contribution in [0.5, 0.6) is 5.75 Å². The highest BCUT2D eigenvalue weighted by molar-refractivity contribution is 5.92. The summed E-state index contributed by atoms with van der Waals surface area (Å²) in [6, 6.07) is 3.20. The molecular formula is C12H17N3O4. The van der Waals surface area contributed by atoms with E-state index < -0.39 is 4.92 Å². The number of carbonyl (C=O) groups excluding carboxylic acids is 1. The van der Waals surface area contributed by atoms with Gasteiger partial charge in [0.2, 0.25) is 5.91 Å². The second-order valence-corrected chi connectivity index (χ2v) is 4.62. The quantitative estimate of drug-likeness (QED) is 0.425. The van der Waals surface area contributed by atoms with Crippen molar-refractivity contribution in [3.05, 3.63) is 28.3 Å². The van der Waals surface area contributed by atoms with E-state index in [9.17, 15) is 20.0 Å². The van der Waals surface area contributed by atoms with Gasteiger partial charge in [0.1, 0.15) is 5.75 Å². The zero-order chi connectivity index (χ0) is 14.6. The molecule has 0 fully saturated rings. The molecule has 104 valence electrons. The summed E-state index contributed by atoms with van der Waals surface area (Å²) >= 11 is 0. The number of hydrogen-bond acceptors (Lipinski definition) is 5. The van der Waals surface area contributed by atoms with Gasteiger partial charge in [-0.05, 0) is 12.0 Å². The van der Waals surface area contributed by atoms with Crippen LogP contribution in [0.2, 0.25) is 0 Å². The van der Waals surface area contributed by atoms with E-state index in [4.69, 9.17) is 5.73 Å². The van der Waals surface area contributed by atoms with Crippen molar-refractivity contribution in [2.45, 2.75) is 26.3 Å². The number of nitro benzene ring substituents is 1. The standard InChI is InChI=1S/C12H17N3O4/c1-7(2)9(13)6-12(17)14-10-4-3-8(15(18)19)5-11(10)16/h3-5,7,9,16H,6,13H2,1-2H3,(H,14,17). The Kier molecular flexibility index (Phi) is 4.82. The molecule has 0 heterocycles. The van der Waals surface area contributed by atoms with Crippen molar-refractivity contribution < 1.29 is 14.8 Å². The van der Waals surface area contributed by atoms with Gasteiger partial charge in [-0.1, -0.05) is 13.8 Å². The number of aromatic hydroxyl groups is 1. The van der Waals surface area contributed by atoms with E-state index in [0.29, 0.717) is 0 Å². The number of nitro groups is 1. The average molecular weight is 267 g/mol. The Hall–Kier alpha value is -2.15. The van der Waals surface area contributed by atoms with Crippen LogP contribution in [0.1, 0.15) is 20.3 Å². The molecule has 0 aliphatic rings. The van der Waals surface area contributed by atoms with Crippen LogP contribution in [0, 0.1) is 16.0 Å². The van der Waals surface area contributed by atoms with Crippen molar-refractivity contribution in [3.8, 4) is 5.75 Å². The summed E-state index contributed by atoms with van der Waals surface area (Å²) in [5, 5.41) is 22.6. The van der Waals surface area contributed by atoms with Crippen molar-refractivity contribution in [1.29, 1.82) is 0 Å². The Balaban J connectivity index is 2.72. The molecule has 7 heteroatoms. The fourth-order valence-corrected chi connectivity index (χ4v) is 1.39. The third-order valence-electron chi connectivity index (χ3n) is 2.74. The van der Waals surface area contributed by atoms with Gasteiger partial charge in [0.05, 0.1) is 16.7 Å². The van der Waals surface area contributed by atoms with Crippen LogP contribution in [-0.2, 0) is 4.79 Å². The van der Waals surface area contributed by atoms with Crippen molar-refractivity contribution in [1.82, 2.24) is 0 Å². The van der Waals surface area contributed by atoms with Gasteiger partial charge in [0, 0.05) is 18.5 Å². The second-order valence-electron chi connectivity index (χ2n) is 4.62. The van der Waals surface area contributed by atoms with Crippen molar-refractivity contribution in [2.24, 2.45) is 11.7 Å². The predicted octanol–water partition coefficient (Wildman–Crippen LogP) is 1.61. The van der Waals surface area contributed by atoms with Gasteiger partial charge in [-0.3, -0.25) is 14.9 Å². The normalized spacial score (nSPS) is 12.2. The Bertz CT molecular complexity index is 488. The maximum Gasteiger partial charge on any atom is 0.273 e. The molecule has 0 radical (unpaired) electrons. The van der Waals surface area contributed by atoms with E-state index in [2.05, 4.69) is 5.32 Å². The number of phenolic OH excluding ortho intramolecular Hbond substituents is 1. The minimum absolute atomic E-state index is 0.119. The first-order chi connectivity index (χ1) is 8.81. The third kappa shape index (κ3) is 4.22. The number of amides is 1. The number of nitrogens with one attached hydrogen (secondary N) is 1. The number of hydrogen-bond donors (Lipinski definition) is 3. The third-order valence-corrected chi connectivity index (χ3v) is 2.74. The lowest BCUT2D eigenvalue weighted by atomic mass is 10.0. The topological polar surface area (TPSA) is 118 Å². The van der Waals surface area contributed by atoms with Crippen LogP contribution >= 0.6 is 0 Å². The molecule has 1 atom stereocenters. The van der Waals surface area contributed by atoms with Gasteiger partial charge < -0.3 is 16.2 Å². The molecule has 19 heavy (non-hydrogen) atoms. The predicted molar refractivity (Wildman–Crippen MR) is 70.8 cm³/mol. The van der Waals surface area contributed by atoms with Gasteiger partial charge in [-0.2, -0.15) is 0 Å². The van der Waals surface area contributed by atoms with Gasteiger partial charge >= 0.3 is 0 Å². The van der Waals surface area contributed by atoms with E-state index in [1.165, 1.54) is 12.1 Å². The summed E-state index contributed by atoms with van der Waals surface area (Å²) < 4.78 is 0. The largest absolute Gasteiger partial charge is 0.506 e. The molecule has 0 aromatic heterocycles. The lowest BCUT2D eigenvalue weighted by molar-refractivity contribution is -0.384. The first-order valence-electron chi connectivity index (χ1n) is 5.84. The molecule has 0 saturated heterocycles. The minimum atomic E-state index is -0.625. The fraction of sp³-hybridized carbons (Fsp3) is 0.417. The molecule has 1 rings (SSSR count). The smallest absolute Gasteiger partial charge is 0.273 e. The number of phenols is 1. The van der Waals surface area contributed by atoms with Crippen LogP contribution in [0.3, 0.4) is 0 Å². The number of nitrogens with zero attached hydrogens (tertiary/aromatic N) is 1. The molecule has 0 saturated carbocycles. The molecule has 1 amide bonds. The molecule has 0 bridgehead atoms. The van der Waals surface area contributed by atoms with Gasteiger partial charge in [0.25, 0.3) is 5.69 Å². The zero-order valence-corrected chi connectivity index (χ0v) is 10.8. The maximum absolute atomic E-state index is 11.7. The Morgan fingerprint density at radius 2 is 2.16 bits per heavy atom. The summed E-state index contributed by atoms with van der Waals surface area (Å²) in [6.07, 6.45) is 0.119. The van der Waals surface area contributed by atoms with E-state index in [1.807, 2.05) is 13.8 Å². The monoisotopic (exact) mass is 267 g/mol. The Morgan fingerprint density at radius 1 is 1.53 bits per heavy atom. The van der Waals surface area contributed by atoms with Gasteiger partial charge in [0.15, 0.2) is 0 Å². The first kappa shape index (κ1) is 14.9. The van der Waals surface area contributed by atoms with E-state index >= 15 is 0 Å². The van der Waals surface area contributed by atoms with Gasteiger partial charge in [-0.15, -0.1) is 0 Å². The average Bonchev–Trinajstić information content (AvgIpc) is 2.31. The van der Waals surface area contributed by atoms with Crippen molar-refractivity contribution >= 4 is 17.3 Å².